The molecule has 2 aliphatic heterocycles. The third-order valence-corrected chi connectivity index (χ3v) is 7.77. The molecular weight excluding hydrogens is 346 g/mol. The number of carbonyl (C=O) groups excluding carboxylic acids is 1. The van der Waals surface area contributed by atoms with E-state index in [0.717, 1.165) is 6.54 Å². The average Bonchev–Trinajstić information content (AvgIpc) is 3.05. The SMILES string of the molecule is CCNC(=O)NCC1CCCCC1SC1CCC2NNC(C(C)C)N2C1. The maximum atomic E-state index is 11.8. The molecule has 2 amide bonds. The van der Waals surface area contributed by atoms with Gasteiger partial charge in [-0.1, -0.05) is 26.7 Å². The minimum Gasteiger partial charge on any atom is -0.338 e. The van der Waals surface area contributed by atoms with E-state index in [-0.39, 0.29) is 6.03 Å². The van der Waals surface area contributed by atoms with Gasteiger partial charge in [0.05, 0.1) is 12.3 Å². The Bertz CT molecular complexity index is 463. The van der Waals surface area contributed by atoms with Crippen LogP contribution in [0.4, 0.5) is 4.79 Å². The van der Waals surface area contributed by atoms with Gasteiger partial charge in [-0.3, -0.25) is 4.90 Å². The normalized spacial score (nSPS) is 35.3. The van der Waals surface area contributed by atoms with Crippen molar-refractivity contribution in [2.24, 2.45) is 11.8 Å². The van der Waals surface area contributed by atoms with Crippen molar-refractivity contribution in [3.8, 4) is 0 Å². The molecule has 1 aliphatic carbocycles. The van der Waals surface area contributed by atoms with Crippen molar-refractivity contribution >= 4 is 17.8 Å². The van der Waals surface area contributed by atoms with Gasteiger partial charge in [-0.05, 0) is 44.4 Å². The van der Waals surface area contributed by atoms with E-state index in [4.69, 9.17) is 0 Å². The Morgan fingerprint density at radius 1 is 1.15 bits per heavy atom. The Morgan fingerprint density at radius 3 is 2.73 bits per heavy atom. The number of carbonyl (C=O) groups is 1. The monoisotopic (exact) mass is 383 g/mol. The molecule has 26 heavy (non-hydrogen) atoms. The average molecular weight is 384 g/mol. The van der Waals surface area contributed by atoms with E-state index in [1.807, 2.05) is 6.92 Å². The molecule has 5 unspecified atom stereocenters. The summed E-state index contributed by atoms with van der Waals surface area (Å²) in [5, 5.41) is 7.33. The molecule has 5 atom stereocenters. The summed E-state index contributed by atoms with van der Waals surface area (Å²) in [6.07, 6.45) is 8.66. The lowest BCUT2D eigenvalue weighted by atomic mass is 9.88. The van der Waals surface area contributed by atoms with Crippen LogP contribution in [0.5, 0.6) is 0 Å². The number of nitrogens with one attached hydrogen (secondary N) is 4. The second kappa shape index (κ2) is 9.62. The van der Waals surface area contributed by atoms with Crippen LogP contribution < -0.4 is 21.5 Å². The smallest absolute Gasteiger partial charge is 0.314 e. The molecule has 0 radical (unpaired) electrons. The van der Waals surface area contributed by atoms with Crippen molar-refractivity contribution in [1.82, 2.24) is 26.4 Å². The van der Waals surface area contributed by atoms with E-state index in [9.17, 15) is 4.79 Å². The highest BCUT2D eigenvalue weighted by Crippen LogP contribution is 2.39. The zero-order valence-electron chi connectivity index (χ0n) is 16.6. The van der Waals surface area contributed by atoms with Gasteiger partial charge >= 0.3 is 6.03 Å². The van der Waals surface area contributed by atoms with Gasteiger partial charge in [0.15, 0.2) is 0 Å². The fourth-order valence-corrected chi connectivity index (χ4v) is 6.41. The van der Waals surface area contributed by atoms with E-state index in [0.29, 0.717) is 41.2 Å². The van der Waals surface area contributed by atoms with Crippen molar-refractivity contribution in [1.29, 1.82) is 0 Å². The molecule has 0 aromatic carbocycles. The number of nitrogens with zero attached hydrogens (tertiary/aromatic N) is 1. The van der Waals surface area contributed by atoms with Gasteiger partial charge < -0.3 is 10.6 Å². The minimum absolute atomic E-state index is 0.0173. The molecule has 3 fully saturated rings. The summed E-state index contributed by atoms with van der Waals surface area (Å²) in [4.78, 5) is 14.4. The van der Waals surface area contributed by atoms with Gasteiger partial charge in [-0.15, -0.1) is 0 Å². The van der Waals surface area contributed by atoms with Crippen molar-refractivity contribution < 1.29 is 4.79 Å². The lowest BCUT2D eigenvalue weighted by molar-refractivity contribution is 0.118. The van der Waals surface area contributed by atoms with Gasteiger partial charge in [0, 0.05) is 30.1 Å². The summed E-state index contributed by atoms with van der Waals surface area (Å²) < 4.78 is 0. The second-order valence-electron chi connectivity index (χ2n) is 8.35. The molecule has 0 spiro atoms. The molecule has 3 aliphatic rings. The Kier molecular flexibility index (Phi) is 7.49. The van der Waals surface area contributed by atoms with Crippen molar-refractivity contribution in [2.45, 2.75) is 82.1 Å². The zero-order valence-corrected chi connectivity index (χ0v) is 17.4. The van der Waals surface area contributed by atoms with Crippen LogP contribution in [0.3, 0.4) is 0 Å². The van der Waals surface area contributed by atoms with Gasteiger partial charge in [0.25, 0.3) is 0 Å². The molecular formula is C19H37N5OS. The number of thioether (sulfide) groups is 1. The first-order valence-corrected chi connectivity index (χ1v) is 11.5. The van der Waals surface area contributed by atoms with Crippen LogP contribution in [0.1, 0.15) is 59.3 Å². The Hall–Kier alpha value is -0.500. The summed E-state index contributed by atoms with van der Waals surface area (Å²) in [6, 6.07) is -0.0173. The number of amides is 2. The second-order valence-corrected chi connectivity index (χ2v) is 9.89. The van der Waals surface area contributed by atoms with Gasteiger partial charge in [-0.25, -0.2) is 15.6 Å². The Labute approximate surface area is 163 Å². The van der Waals surface area contributed by atoms with Crippen LogP contribution >= 0.6 is 11.8 Å². The van der Waals surface area contributed by atoms with Crippen LogP contribution in [-0.2, 0) is 0 Å². The van der Waals surface area contributed by atoms with Crippen LogP contribution in [-0.4, -0.2) is 53.4 Å². The van der Waals surface area contributed by atoms with Crippen molar-refractivity contribution in [3.63, 3.8) is 0 Å². The first-order valence-electron chi connectivity index (χ1n) is 10.5. The third kappa shape index (κ3) is 5.06. The molecule has 0 bridgehead atoms. The highest BCUT2D eigenvalue weighted by Gasteiger charge is 2.40. The quantitative estimate of drug-likeness (QED) is 0.567. The summed E-state index contributed by atoms with van der Waals surface area (Å²) in [6.45, 7) is 9.23. The predicted octanol–water partition coefficient (Wildman–Crippen LogP) is 2.48. The molecule has 2 heterocycles. The molecule has 0 aromatic heterocycles. The number of fused-ring (bicyclic) bond motifs is 1. The van der Waals surface area contributed by atoms with E-state index in [1.54, 1.807) is 0 Å². The van der Waals surface area contributed by atoms with E-state index in [2.05, 4.69) is 52.0 Å². The fraction of sp³-hybridized carbons (Fsp3) is 0.947. The third-order valence-electron chi connectivity index (χ3n) is 6.03. The van der Waals surface area contributed by atoms with E-state index >= 15 is 0 Å². The maximum Gasteiger partial charge on any atom is 0.314 e. The predicted molar refractivity (Wildman–Crippen MR) is 109 cm³/mol. The fourth-order valence-electron chi connectivity index (χ4n) is 4.63. The molecule has 150 valence electrons. The summed E-state index contributed by atoms with van der Waals surface area (Å²) in [7, 11) is 0. The van der Waals surface area contributed by atoms with E-state index < -0.39 is 0 Å². The molecule has 4 N–H and O–H groups in total. The van der Waals surface area contributed by atoms with Crippen LogP contribution in [0, 0.1) is 11.8 Å². The van der Waals surface area contributed by atoms with Crippen molar-refractivity contribution in [2.75, 3.05) is 19.6 Å². The van der Waals surface area contributed by atoms with Crippen LogP contribution in [0.2, 0.25) is 0 Å². The lowest BCUT2D eigenvalue weighted by Crippen LogP contribution is -2.49. The van der Waals surface area contributed by atoms with Gasteiger partial charge in [-0.2, -0.15) is 11.8 Å². The molecule has 0 aromatic rings. The number of piperidine rings is 1. The maximum absolute atomic E-state index is 11.8. The van der Waals surface area contributed by atoms with Gasteiger partial charge in [0.2, 0.25) is 0 Å². The van der Waals surface area contributed by atoms with E-state index in [1.165, 1.54) is 45.1 Å². The molecule has 1 saturated carbocycles. The number of hydrogen-bond acceptors (Lipinski definition) is 5. The van der Waals surface area contributed by atoms with Gasteiger partial charge in [0.1, 0.15) is 0 Å². The summed E-state index contributed by atoms with van der Waals surface area (Å²) in [5.41, 5.74) is 6.97. The highest BCUT2D eigenvalue weighted by molar-refractivity contribution is 8.00. The molecule has 3 rings (SSSR count). The molecule has 7 heteroatoms. The van der Waals surface area contributed by atoms with Crippen LogP contribution in [0.25, 0.3) is 0 Å². The molecule has 6 nitrogen and oxygen atoms in total. The summed E-state index contributed by atoms with van der Waals surface area (Å²) >= 11 is 2.21. The Balaban J connectivity index is 1.52. The standard InChI is InChI=1S/C19H37N5OS/c1-4-20-19(25)21-11-14-7-5-6-8-16(14)26-15-9-10-17-22-23-18(13(2)3)24(17)12-15/h13-18,22-23H,4-12H2,1-3H3,(H2,20,21,25). The highest BCUT2D eigenvalue weighted by atomic mass is 32.2. The number of hydrazine groups is 1. The first-order chi connectivity index (χ1) is 12.6. The Morgan fingerprint density at radius 2 is 1.96 bits per heavy atom. The zero-order chi connectivity index (χ0) is 18.5. The topological polar surface area (TPSA) is 68.4 Å². The first kappa shape index (κ1) is 20.2. The van der Waals surface area contributed by atoms with Crippen LogP contribution in [0.15, 0.2) is 0 Å². The number of rotatable bonds is 6. The number of hydrogen-bond donors (Lipinski definition) is 4. The molecule has 2 saturated heterocycles. The summed E-state index contributed by atoms with van der Waals surface area (Å²) in [5.74, 6) is 1.23. The number of urea groups is 1. The lowest BCUT2D eigenvalue weighted by Gasteiger charge is -2.40. The minimum atomic E-state index is -0.0173. The van der Waals surface area contributed by atoms with Crippen molar-refractivity contribution in [3.05, 3.63) is 0 Å². The largest absolute Gasteiger partial charge is 0.338 e.